The predicted octanol–water partition coefficient (Wildman–Crippen LogP) is 3.01. The second-order valence-electron chi connectivity index (χ2n) is 8.64. The number of anilines is 1. The summed E-state index contributed by atoms with van der Waals surface area (Å²) in [5.74, 6) is -0.340. The van der Waals surface area contributed by atoms with Crippen LogP contribution in [0.5, 0.6) is 0 Å². The van der Waals surface area contributed by atoms with Crippen molar-refractivity contribution in [2.24, 2.45) is 0 Å². The second-order valence-corrected chi connectivity index (χ2v) is 10.6. The fraction of sp³-hybridized carbons (Fsp3) is 0.417. The molecule has 32 heavy (non-hydrogen) atoms. The molecular weight excluding hydrogens is 426 g/mol. The third kappa shape index (κ3) is 4.56. The van der Waals surface area contributed by atoms with Gasteiger partial charge in [-0.1, -0.05) is 12.5 Å². The zero-order valence-electron chi connectivity index (χ0n) is 18.5. The Morgan fingerprint density at radius 1 is 0.969 bits per heavy atom. The van der Waals surface area contributed by atoms with Crippen LogP contribution in [0.25, 0.3) is 0 Å². The molecule has 0 saturated carbocycles. The molecule has 2 saturated heterocycles. The summed E-state index contributed by atoms with van der Waals surface area (Å²) >= 11 is 0. The van der Waals surface area contributed by atoms with Gasteiger partial charge < -0.3 is 10.2 Å². The molecule has 2 aliphatic rings. The summed E-state index contributed by atoms with van der Waals surface area (Å²) in [6.45, 7) is 5.52. The Morgan fingerprint density at radius 3 is 2.31 bits per heavy atom. The van der Waals surface area contributed by atoms with Crippen LogP contribution in [0.3, 0.4) is 0 Å². The summed E-state index contributed by atoms with van der Waals surface area (Å²) in [7, 11) is -3.53. The van der Waals surface area contributed by atoms with Crippen LogP contribution in [0.4, 0.5) is 5.69 Å². The summed E-state index contributed by atoms with van der Waals surface area (Å²) in [5.41, 5.74) is 3.49. The molecule has 2 aromatic carbocycles. The number of hydrogen-bond acceptors (Lipinski definition) is 4. The zero-order chi connectivity index (χ0) is 22.9. The number of aryl methyl sites for hydroxylation is 2. The predicted molar refractivity (Wildman–Crippen MR) is 123 cm³/mol. The molecule has 2 amide bonds. The first-order valence-corrected chi connectivity index (χ1v) is 12.5. The molecule has 1 atom stereocenters. The van der Waals surface area contributed by atoms with Gasteiger partial charge in [0.25, 0.3) is 5.91 Å². The van der Waals surface area contributed by atoms with Crippen molar-refractivity contribution in [2.75, 3.05) is 24.5 Å². The van der Waals surface area contributed by atoms with Crippen LogP contribution in [0.1, 0.15) is 47.2 Å². The standard InChI is InChI=1S/C24H29N3O4S/c1-17-6-9-21(14-18(17)2)27-16-20(15-23(27)28)25-24(29)19-7-10-22(11-8-19)32(30,31)26-12-4-3-5-13-26/h6-11,14,20H,3-5,12-13,15-16H2,1-2H3,(H,25,29). The van der Waals surface area contributed by atoms with Gasteiger partial charge in [0.1, 0.15) is 0 Å². The zero-order valence-corrected chi connectivity index (χ0v) is 19.3. The quantitative estimate of drug-likeness (QED) is 0.751. The van der Waals surface area contributed by atoms with E-state index in [-0.39, 0.29) is 29.2 Å². The minimum Gasteiger partial charge on any atom is -0.347 e. The van der Waals surface area contributed by atoms with Crippen LogP contribution >= 0.6 is 0 Å². The smallest absolute Gasteiger partial charge is 0.251 e. The maximum atomic E-state index is 12.8. The van der Waals surface area contributed by atoms with E-state index in [4.69, 9.17) is 0 Å². The summed E-state index contributed by atoms with van der Waals surface area (Å²) in [6, 6.07) is 11.6. The molecule has 0 aromatic heterocycles. The van der Waals surface area contributed by atoms with Crippen molar-refractivity contribution in [3.8, 4) is 0 Å². The van der Waals surface area contributed by atoms with Crippen molar-refractivity contribution in [3.63, 3.8) is 0 Å². The summed E-state index contributed by atoms with van der Waals surface area (Å²) in [4.78, 5) is 27.1. The van der Waals surface area contributed by atoms with E-state index >= 15 is 0 Å². The molecule has 0 spiro atoms. The number of benzene rings is 2. The van der Waals surface area contributed by atoms with E-state index in [2.05, 4.69) is 5.32 Å². The van der Waals surface area contributed by atoms with Gasteiger partial charge >= 0.3 is 0 Å². The lowest BCUT2D eigenvalue weighted by atomic mass is 10.1. The van der Waals surface area contributed by atoms with E-state index in [1.54, 1.807) is 4.90 Å². The summed E-state index contributed by atoms with van der Waals surface area (Å²) < 4.78 is 27.1. The Labute approximate surface area is 189 Å². The van der Waals surface area contributed by atoms with Gasteiger partial charge in [-0.15, -0.1) is 0 Å². The highest BCUT2D eigenvalue weighted by Gasteiger charge is 2.32. The number of rotatable bonds is 5. The van der Waals surface area contributed by atoms with Crippen molar-refractivity contribution in [3.05, 3.63) is 59.2 Å². The number of nitrogens with one attached hydrogen (secondary N) is 1. The summed E-state index contributed by atoms with van der Waals surface area (Å²) in [5, 5.41) is 2.91. The van der Waals surface area contributed by atoms with Gasteiger partial charge in [-0.2, -0.15) is 4.31 Å². The van der Waals surface area contributed by atoms with E-state index < -0.39 is 10.0 Å². The number of nitrogens with zero attached hydrogens (tertiary/aromatic N) is 2. The van der Waals surface area contributed by atoms with Crippen LogP contribution < -0.4 is 10.2 Å². The summed E-state index contributed by atoms with van der Waals surface area (Å²) in [6.07, 6.45) is 3.04. The SMILES string of the molecule is Cc1ccc(N2CC(NC(=O)c3ccc(S(=O)(=O)N4CCCCC4)cc3)CC2=O)cc1C. The molecule has 4 rings (SSSR count). The lowest BCUT2D eigenvalue weighted by Gasteiger charge is -2.25. The van der Waals surface area contributed by atoms with Gasteiger partial charge in [-0.25, -0.2) is 8.42 Å². The van der Waals surface area contributed by atoms with Crippen molar-refractivity contribution in [2.45, 2.75) is 50.5 Å². The highest BCUT2D eigenvalue weighted by molar-refractivity contribution is 7.89. The highest BCUT2D eigenvalue weighted by atomic mass is 32.2. The van der Waals surface area contributed by atoms with Crippen molar-refractivity contribution in [1.82, 2.24) is 9.62 Å². The average Bonchev–Trinajstić information content (AvgIpc) is 3.16. The van der Waals surface area contributed by atoms with E-state index in [0.717, 1.165) is 36.1 Å². The molecule has 0 aliphatic carbocycles. The van der Waals surface area contributed by atoms with Gasteiger partial charge in [0.2, 0.25) is 15.9 Å². The molecule has 7 nitrogen and oxygen atoms in total. The van der Waals surface area contributed by atoms with Gasteiger partial charge in [0, 0.05) is 37.3 Å². The van der Waals surface area contributed by atoms with Crippen molar-refractivity contribution < 1.29 is 18.0 Å². The number of carbonyl (C=O) groups excluding carboxylic acids is 2. The average molecular weight is 456 g/mol. The largest absolute Gasteiger partial charge is 0.347 e. The maximum absolute atomic E-state index is 12.8. The van der Waals surface area contributed by atoms with E-state index in [0.29, 0.717) is 25.2 Å². The number of amides is 2. The number of sulfonamides is 1. The molecule has 2 aromatic rings. The van der Waals surface area contributed by atoms with Crippen LogP contribution in [-0.2, 0) is 14.8 Å². The number of hydrogen-bond donors (Lipinski definition) is 1. The molecule has 8 heteroatoms. The molecule has 170 valence electrons. The monoisotopic (exact) mass is 455 g/mol. The Kier molecular flexibility index (Phi) is 6.35. The Hall–Kier alpha value is -2.71. The van der Waals surface area contributed by atoms with Crippen LogP contribution in [0, 0.1) is 13.8 Å². The van der Waals surface area contributed by atoms with Crippen LogP contribution in [0.2, 0.25) is 0 Å². The first kappa shape index (κ1) is 22.5. The second kappa shape index (κ2) is 9.03. The molecule has 1 N–H and O–H groups in total. The van der Waals surface area contributed by atoms with Gasteiger partial charge in [-0.05, 0) is 74.2 Å². The van der Waals surface area contributed by atoms with Gasteiger partial charge in [-0.3, -0.25) is 9.59 Å². The van der Waals surface area contributed by atoms with Crippen LogP contribution in [-0.4, -0.2) is 50.2 Å². The molecule has 0 bridgehead atoms. The molecule has 2 aliphatic heterocycles. The maximum Gasteiger partial charge on any atom is 0.251 e. The number of piperidine rings is 1. The lowest BCUT2D eigenvalue weighted by Crippen LogP contribution is -2.37. The Bertz CT molecular complexity index is 1120. The van der Waals surface area contributed by atoms with Crippen molar-refractivity contribution >= 4 is 27.5 Å². The van der Waals surface area contributed by atoms with E-state index in [9.17, 15) is 18.0 Å². The van der Waals surface area contributed by atoms with Gasteiger partial charge in [0.05, 0.1) is 10.9 Å². The van der Waals surface area contributed by atoms with E-state index in [1.165, 1.54) is 28.6 Å². The molecule has 2 fully saturated rings. The lowest BCUT2D eigenvalue weighted by molar-refractivity contribution is -0.117. The third-order valence-corrected chi connectivity index (χ3v) is 8.24. The highest BCUT2D eigenvalue weighted by Crippen LogP contribution is 2.25. The fourth-order valence-corrected chi connectivity index (χ4v) is 5.77. The fourth-order valence-electron chi connectivity index (χ4n) is 4.25. The van der Waals surface area contributed by atoms with Gasteiger partial charge in [0.15, 0.2) is 0 Å². The Balaban J connectivity index is 1.41. The topological polar surface area (TPSA) is 86.8 Å². The molecule has 1 unspecified atom stereocenters. The minimum absolute atomic E-state index is 0.0264. The number of carbonyl (C=O) groups is 2. The van der Waals surface area contributed by atoms with Crippen molar-refractivity contribution in [1.29, 1.82) is 0 Å². The normalized spacial score (nSPS) is 19.9. The molecule has 2 heterocycles. The first-order chi connectivity index (χ1) is 15.3. The molecular formula is C24H29N3O4S. The first-order valence-electron chi connectivity index (χ1n) is 11.0. The minimum atomic E-state index is -3.53. The van der Waals surface area contributed by atoms with E-state index in [1.807, 2.05) is 32.0 Å². The Morgan fingerprint density at radius 2 is 1.66 bits per heavy atom. The molecule has 0 radical (unpaired) electrons. The van der Waals surface area contributed by atoms with Crippen LogP contribution in [0.15, 0.2) is 47.4 Å². The third-order valence-electron chi connectivity index (χ3n) is 6.33.